The van der Waals surface area contributed by atoms with Gasteiger partial charge < -0.3 is 5.73 Å². The zero-order valence-corrected chi connectivity index (χ0v) is 10.1. The van der Waals surface area contributed by atoms with Gasteiger partial charge >= 0.3 is 0 Å². The molecule has 0 aliphatic heterocycles. The van der Waals surface area contributed by atoms with E-state index in [1.54, 1.807) is 0 Å². The Morgan fingerprint density at radius 2 is 2.20 bits per heavy atom. The van der Waals surface area contributed by atoms with Crippen molar-refractivity contribution in [2.75, 3.05) is 0 Å². The average molecular weight is 224 g/mol. The highest BCUT2D eigenvalue weighted by Gasteiger charge is 2.07. The van der Waals surface area contributed by atoms with Crippen LogP contribution in [0.2, 0.25) is 5.02 Å². The Bertz CT molecular complexity index is 358. The molecule has 0 saturated carbocycles. The summed E-state index contributed by atoms with van der Waals surface area (Å²) in [6.45, 7) is 7.89. The van der Waals surface area contributed by atoms with Crippen LogP contribution in [0.1, 0.15) is 36.9 Å². The van der Waals surface area contributed by atoms with E-state index in [2.05, 4.69) is 6.58 Å². The van der Waals surface area contributed by atoms with Crippen molar-refractivity contribution >= 4 is 11.6 Å². The number of aryl methyl sites for hydroxylation is 1. The van der Waals surface area contributed by atoms with Gasteiger partial charge in [0, 0.05) is 11.1 Å². The minimum Gasteiger partial charge on any atom is -0.324 e. The molecule has 0 fully saturated rings. The summed E-state index contributed by atoms with van der Waals surface area (Å²) < 4.78 is 0. The second-order valence-electron chi connectivity index (χ2n) is 4.11. The first-order valence-corrected chi connectivity index (χ1v) is 5.54. The van der Waals surface area contributed by atoms with E-state index >= 15 is 0 Å². The Morgan fingerprint density at radius 3 is 2.73 bits per heavy atom. The van der Waals surface area contributed by atoms with Gasteiger partial charge in [-0.05, 0) is 43.9 Å². The van der Waals surface area contributed by atoms with Gasteiger partial charge in [-0.2, -0.15) is 0 Å². The average Bonchev–Trinajstić information content (AvgIpc) is 2.18. The molecule has 15 heavy (non-hydrogen) atoms. The van der Waals surface area contributed by atoms with Crippen molar-refractivity contribution in [2.45, 2.75) is 32.7 Å². The van der Waals surface area contributed by atoms with Gasteiger partial charge in [0.25, 0.3) is 0 Å². The SMILES string of the molecule is C=C(C)CCC(N)c1ccc(C)c(Cl)c1. The van der Waals surface area contributed by atoms with Crippen molar-refractivity contribution in [1.82, 2.24) is 0 Å². The molecule has 0 amide bonds. The fourth-order valence-corrected chi connectivity index (χ4v) is 1.60. The third-order valence-electron chi connectivity index (χ3n) is 2.51. The van der Waals surface area contributed by atoms with Crippen LogP contribution in [0.25, 0.3) is 0 Å². The number of allylic oxidation sites excluding steroid dienone is 1. The Labute approximate surface area is 96.9 Å². The van der Waals surface area contributed by atoms with E-state index in [-0.39, 0.29) is 6.04 Å². The summed E-state index contributed by atoms with van der Waals surface area (Å²) in [7, 11) is 0. The quantitative estimate of drug-likeness (QED) is 0.768. The predicted octanol–water partition coefficient (Wildman–Crippen LogP) is 4.00. The van der Waals surface area contributed by atoms with E-state index in [1.807, 2.05) is 32.0 Å². The number of halogens is 1. The first-order valence-electron chi connectivity index (χ1n) is 5.16. The Morgan fingerprint density at radius 1 is 1.53 bits per heavy atom. The van der Waals surface area contributed by atoms with E-state index in [9.17, 15) is 0 Å². The third kappa shape index (κ3) is 3.69. The lowest BCUT2D eigenvalue weighted by atomic mass is 10.00. The number of nitrogens with two attached hydrogens (primary N) is 1. The van der Waals surface area contributed by atoms with Gasteiger partial charge in [0.1, 0.15) is 0 Å². The summed E-state index contributed by atoms with van der Waals surface area (Å²) in [5.74, 6) is 0. The van der Waals surface area contributed by atoms with Crippen LogP contribution >= 0.6 is 11.6 Å². The standard InChI is InChI=1S/C13H18ClN/c1-9(2)4-7-13(15)11-6-5-10(3)12(14)8-11/h5-6,8,13H,1,4,7,15H2,2-3H3. The van der Waals surface area contributed by atoms with Crippen LogP contribution in [0.15, 0.2) is 30.4 Å². The third-order valence-corrected chi connectivity index (χ3v) is 2.91. The summed E-state index contributed by atoms with van der Waals surface area (Å²) in [6, 6.07) is 6.07. The highest BCUT2D eigenvalue weighted by Crippen LogP contribution is 2.23. The molecule has 1 unspecified atom stereocenters. The van der Waals surface area contributed by atoms with Crippen LogP contribution in [0.3, 0.4) is 0 Å². The molecular weight excluding hydrogens is 206 g/mol. The van der Waals surface area contributed by atoms with E-state index in [0.29, 0.717) is 0 Å². The minimum atomic E-state index is 0.0554. The Kier molecular flexibility index (Phi) is 4.37. The van der Waals surface area contributed by atoms with Crippen LogP contribution in [0.4, 0.5) is 0 Å². The smallest absolute Gasteiger partial charge is 0.0438 e. The van der Waals surface area contributed by atoms with E-state index in [0.717, 1.165) is 29.0 Å². The highest BCUT2D eigenvalue weighted by molar-refractivity contribution is 6.31. The molecule has 2 N–H and O–H groups in total. The number of benzene rings is 1. The minimum absolute atomic E-state index is 0.0554. The normalized spacial score (nSPS) is 12.5. The molecule has 82 valence electrons. The second-order valence-corrected chi connectivity index (χ2v) is 4.52. The molecule has 0 aliphatic carbocycles. The van der Waals surface area contributed by atoms with E-state index in [1.165, 1.54) is 5.57 Å². The van der Waals surface area contributed by atoms with Crippen LogP contribution in [0, 0.1) is 6.92 Å². The van der Waals surface area contributed by atoms with Crippen molar-refractivity contribution in [3.8, 4) is 0 Å². The molecule has 1 atom stereocenters. The first-order chi connectivity index (χ1) is 7.00. The first kappa shape index (κ1) is 12.3. The highest BCUT2D eigenvalue weighted by atomic mass is 35.5. The molecular formula is C13H18ClN. The zero-order valence-electron chi connectivity index (χ0n) is 9.39. The van der Waals surface area contributed by atoms with E-state index < -0.39 is 0 Å². The van der Waals surface area contributed by atoms with Gasteiger partial charge in [-0.15, -0.1) is 6.58 Å². The zero-order chi connectivity index (χ0) is 11.4. The predicted molar refractivity (Wildman–Crippen MR) is 67.2 cm³/mol. The summed E-state index contributed by atoms with van der Waals surface area (Å²) in [4.78, 5) is 0. The Hall–Kier alpha value is -0.790. The van der Waals surface area contributed by atoms with Crippen molar-refractivity contribution in [2.24, 2.45) is 5.73 Å². The van der Waals surface area contributed by atoms with Gasteiger partial charge in [0.05, 0.1) is 0 Å². The summed E-state index contributed by atoms with van der Waals surface area (Å²) in [5.41, 5.74) is 9.43. The van der Waals surface area contributed by atoms with Crippen molar-refractivity contribution < 1.29 is 0 Å². The van der Waals surface area contributed by atoms with Crippen molar-refractivity contribution in [3.05, 3.63) is 46.5 Å². The molecule has 1 aromatic carbocycles. The second kappa shape index (κ2) is 5.34. The van der Waals surface area contributed by atoms with Crippen molar-refractivity contribution in [3.63, 3.8) is 0 Å². The largest absolute Gasteiger partial charge is 0.324 e. The molecule has 0 spiro atoms. The van der Waals surface area contributed by atoms with Gasteiger partial charge in [0.15, 0.2) is 0 Å². The van der Waals surface area contributed by atoms with Crippen molar-refractivity contribution in [1.29, 1.82) is 0 Å². The molecule has 0 saturated heterocycles. The number of hydrogen-bond acceptors (Lipinski definition) is 1. The molecule has 0 aliphatic rings. The molecule has 0 aromatic heterocycles. The van der Waals surface area contributed by atoms with Gasteiger partial charge in [0.2, 0.25) is 0 Å². The topological polar surface area (TPSA) is 26.0 Å². The summed E-state index contributed by atoms with van der Waals surface area (Å²) >= 11 is 6.05. The fraction of sp³-hybridized carbons (Fsp3) is 0.385. The van der Waals surface area contributed by atoms with Gasteiger partial charge in [-0.25, -0.2) is 0 Å². The molecule has 1 aromatic rings. The molecule has 2 heteroatoms. The lowest BCUT2D eigenvalue weighted by Gasteiger charge is -2.13. The number of hydrogen-bond donors (Lipinski definition) is 1. The summed E-state index contributed by atoms with van der Waals surface area (Å²) in [6.07, 6.45) is 1.89. The molecule has 1 rings (SSSR count). The van der Waals surface area contributed by atoms with E-state index in [4.69, 9.17) is 17.3 Å². The molecule has 1 nitrogen and oxygen atoms in total. The maximum atomic E-state index is 6.06. The maximum Gasteiger partial charge on any atom is 0.0438 e. The fourth-order valence-electron chi connectivity index (χ4n) is 1.41. The van der Waals surface area contributed by atoms with Crippen LogP contribution in [0.5, 0.6) is 0 Å². The van der Waals surface area contributed by atoms with Crippen LogP contribution in [-0.4, -0.2) is 0 Å². The monoisotopic (exact) mass is 223 g/mol. The molecule has 0 radical (unpaired) electrons. The Balaban J connectivity index is 2.69. The lowest BCUT2D eigenvalue weighted by molar-refractivity contribution is 0.649. The van der Waals surface area contributed by atoms with Crippen LogP contribution < -0.4 is 5.73 Å². The van der Waals surface area contributed by atoms with Crippen LogP contribution in [-0.2, 0) is 0 Å². The molecule has 0 heterocycles. The lowest BCUT2D eigenvalue weighted by Crippen LogP contribution is -2.10. The number of rotatable bonds is 4. The summed E-state index contributed by atoms with van der Waals surface area (Å²) in [5, 5.41) is 0.790. The maximum absolute atomic E-state index is 6.06. The van der Waals surface area contributed by atoms with Gasteiger partial charge in [-0.1, -0.05) is 29.3 Å². The molecule has 0 bridgehead atoms. The van der Waals surface area contributed by atoms with Gasteiger partial charge in [-0.3, -0.25) is 0 Å².